The number of benzene rings is 2. The second-order valence-electron chi connectivity index (χ2n) is 4.02. The molecule has 0 aliphatic rings. The minimum atomic E-state index is -0.642. The Labute approximate surface area is 122 Å². The van der Waals surface area contributed by atoms with E-state index in [0.29, 0.717) is 6.42 Å². The van der Waals surface area contributed by atoms with Crippen LogP contribution in [0.25, 0.3) is 0 Å². The molecule has 18 heavy (non-hydrogen) atoms. The third-order valence-corrected chi connectivity index (χ3v) is 4.53. The molecule has 0 fully saturated rings. The second-order valence-corrected chi connectivity index (χ2v) is 5.73. The quantitative estimate of drug-likeness (QED) is 0.831. The van der Waals surface area contributed by atoms with Gasteiger partial charge in [0.2, 0.25) is 0 Å². The van der Waals surface area contributed by atoms with Crippen molar-refractivity contribution in [3.05, 3.63) is 68.4 Å². The number of rotatable bonds is 3. The minimum absolute atomic E-state index is 0.281. The molecule has 2 aromatic rings. The second kappa shape index (κ2) is 5.95. The molecule has 0 radical (unpaired) electrons. The first-order chi connectivity index (χ1) is 8.56. The minimum Gasteiger partial charge on any atom is -0.388 e. The highest BCUT2D eigenvalue weighted by molar-refractivity contribution is 9.13. The summed E-state index contributed by atoms with van der Waals surface area (Å²) in [4.78, 5) is 0. The van der Waals surface area contributed by atoms with Crippen molar-refractivity contribution >= 4 is 31.9 Å². The van der Waals surface area contributed by atoms with Crippen LogP contribution in [0.2, 0.25) is 0 Å². The Balaban J connectivity index is 2.16. The lowest BCUT2D eigenvalue weighted by atomic mass is 10.0. The average Bonchev–Trinajstić information content (AvgIpc) is 2.32. The normalized spacial score (nSPS) is 12.4. The zero-order chi connectivity index (χ0) is 13.1. The molecule has 0 saturated heterocycles. The van der Waals surface area contributed by atoms with Gasteiger partial charge in [-0.1, -0.05) is 18.2 Å². The Morgan fingerprint density at radius 1 is 1.06 bits per heavy atom. The predicted octanol–water partition coefficient (Wildman–Crippen LogP) is 4.63. The van der Waals surface area contributed by atoms with Crippen molar-refractivity contribution < 1.29 is 9.50 Å². The molecule has 0 aromatic heterocycles. The SMILES string of the molecule is OC(Cc1cccc(F)c1)c1ccc(Br)c(Br)c1. The summed E-state index contributed by atoms with van der Waals surface area (Å²) >= 11 is 6.77. The van der Waals surface area contributed by atoms with Crippen LogP contribution in [0.15, 0.2) is 51.4 Å². The van der Waals surface area contributed by atoms with E-state index >= 15 is 0 Å². The number of halogens is 3. The lowest BCUT2D eigenvalue weighted by Gasteiger charge is -2.12. The number of aliphatic hydroxyl groups is 1. The fourth-order valence-corrected chi connectivity index (χ4v) is 2.37. The van der Waals surface area contributed by atoms with E-state index in [4.69, 9.17) is 0 Å². The van der Waals surface area contributed by atoms with Crippen LogP contribution in [-0.4, -0.2) is 5.11 Å². The van der Waals surface area contributed by atoms with Crippen LogP contribution in [0.4, 0.5) is 4.39 Å². The molecule has 2 rings (SSSR count). The molecule has 0 aliphatic carbocycles. The van der Waals surface area contributed by atoms with Crippen LogP contribution >= 0.6 is 31.9 Å². The fraction of sp³-hybridized carbons (Fsp3) is 0.143. The van der Waals surface area contributed by atoms with Crippen molar-refractivity contribution in [2.45, 2.75) is 12.5 Å². The number of aliphatic hydroxyl groups excluding tert-OH is 1. The lowest BCUT2D eigenvalue weighted by molar-refractivity contribution is 0.178. The van der Waals surface area contributed by atoms with Crippen molar-refractivity contribution in [1.82, 2.24) is 0 Å². The monoisotopic (exact) mass is 372 g/mol. The van der Waals surface area contributed by atoms with Crippen LogP contribution in [0.3, 0.4) is 0 Å². The molecular weight excluding hydrogens is 363 g/mol. The summed E-state index contributed by atoms with van der Waals surface area (Å²) in [6, 6.07) is 11.9. The Bertz CT molecular complexity index is 557. The first kappa shape index (κ1) is 13.7. The summed E-state index contributed by atoms with van der Waals surface area (Å²) in [6.45, 7) is 0. The predicted molar refractivity (Wildman–Crippen MR) is 76.9 cm³/mol. The molecule has 2 aromatic carbocycles. The number of hydrogen-bond donors (Lipinski definition) is 1. The van der Waals surface area contributed by atoms with E-state index in [-0.39, 0.29) is 5.82 Å². The summed E-state index contributed by atoms with van der Waals surface area (Å²) in [6.07, 6.45) is -0.248. The van der Waals surface area contributed by atoms with Crippen molar-refractivity contribution in [1.29, 1.82) is 0 Å². The lowest BCUT2D eigenvalue weighted by Crippen LogP contribution is -2.02. The summed E-state index contributed by atoms with van der Waals surface area (Å²) < 4.78 is 14.9. The third kappa shape index (κ3) is 3.40. The zero-order valence-electron chi connectivity index (χ0n) is 9.41. The standard InChI is InChI=1S/C14H11Br2FO/c15-12-5-4-10(8-13(12)16)14(18)7-9-2-1-3-11(17)6-9/h1-6,8,14,18H,7H2. The molecule has 0 amide bonds. The van der Waals surface area contributed by atoms with Crippen molar-refractivity contribution in [3.8, 4) is 0 Å². The van der Waals surface area contributed by atoms with Gasteiger partial charge >= 0.3 is 0 Å². The molecule has 1 N–H and O–H groups in total. The highest BCUT2D eigenvalue weighted by atomic mass is 79.9. The highest BCUT2D eigenvalue weighted by Gasteiger charge is 2.10. The average molecular weight is 374 g/mol. The molecule has 0 spiro atoms. The molecule has 1 atom stereocenters. The van der Waals surface area contributed by atoms with Crippen molar-refractivity contribution in [2.75, 3.05) is 0 Å². The van der Waals surface area contributed by atoms with E-state index in [9.17, 15) is 9.50 Å². The molecular formula is C14H11Br2FO. The van der Waals surface area contributed by atoms with Gasteiger partial charge in [-0.25, -0.2) is 4.39 Å². The van der Waals surface area contributed by atoms with E-state index < -0.39 is 6.10 Å². The smallest absolute Gasteiger partial charge is 0.123 e. The van der Waals surface area contributed by atoms with E-state index in [0.717, 1.165) is 20.1 Å². The Morgan fingerprint density at radius 2 is 1.83 bits per heavy atom. The first-order valence-corrected chi connectivity index (χ1v) is 7.02. The molecule has 1 nitrogen and oxygen atoms in total. The molecule has 0 aliphatic heterocycles. The Morgan fingerprint density at radius 3 is 2.50 bits per heavy atom. The van der Waals surface area contributed by atoms with Gasteiger partial charge in [-0.3, -0.25) is 0 Å². The Hall–Kier alpha value is -0.710. The maximum absolute atomic E-state index is 13.0. The Kier molecular flexibility index (Phi) is 4.54. The van der Waals surface area contributed by atoms with E-state index in [1.165, 1.54) is 12.1 Å². The van der Waals surface area contributed by atoms with Gasteiger partial charge < -0.3 is 5.11 Å². The fourth-order valence-electron chi connectivity index (χ4n) is 1.72. The summed E-state index contributed by atoms with van der Waals surface area (Å²) in [5.74, 6) is -0.281. The maximum atomic E-state index is 13.0. The third-order valence-electron chi connectivity index (χ3n) is 2.65. The summed E-state index contributed by atoms with van der Waals surface area (Å²) in [5, 5.41) is 10.1. The van der Waals surface area contributed by atoms with Crippen molar-refractivity contribution in [3.63, 3.8) is 0 Å². The van der Waals surface area contributed by atoms with Gasteiger partial charge in [0.05, 0.1) is 6.10 Å². The highest BCUT2D eigenvalue weighted by Crippen LogP contribution is 2.27. The van der Waals surface area contributed by atoms with Crippen LogP contribution < -0.4 is 0 Å². The molecule has 4 heteroatoms. The summed E-state index contributed by atoms with van der Waals surface area (Å²) in [5.41, 5.74) is 1.58. The summed E-state index contributed by atoms with van der Waals surface area (Å²) in [7, 11) is 0. The van der Waals surface area contributed by atoms with Gasteiger partial charge in [-0.2, -0.15) is 0 Å². The molecule has 94 valence electrons. The molecule has 0 heterocycles. The van der Waals surface area contributed by atoms with Crippen molar-refractivity contribution in [2.24, 2.45) is 0 Å². The van der Waals surface area contributed by atoms with E-state index in [1.807, 2.05) is 18.2 Å². The van der Waals surface area contributed by atoms with Crippen LogP contribution in [0, 0.1) is 5.82 Å². The van der Waals surface area contributed by atoms with E-state index in [2.05, 4.69) is 31.9 Å². The molecule has 0 bridgehead atoms. The zero-order valence-corrected chi connectivity index (χ0v) is 12.6. The van der Waals surface area contributed by atoms with Gasteiger partial charge in [0.1, 0.15) is 5.82 Å². The largest absolute Gasteiger partial charge is 0.388 e. The number of hydrogen-bond acceptors (Lipinski definition) is 1. The molecule has 1 unspecified atom stereocenters. The first-order valence-electron chi connectivity index (χ1n) is 5.44. The van der Waals surface area contributed by atoms with Gasteiger partial charge in [-0.05, 0) is 67.3 Å². The van der Waals surface area contributed by atoms with Gasteiger partial charge in [0.25, 0.3) is 0 Å². The van der Waals surface area contributed by atoms with Gasteiger partial charge in [0.15, 0.2) is 0 Å². The van der Waals surface area contributed by atoms with Crippen LogP contribution in [0.1, 0.15) is 17.2 Å². The van der Waals surface area contributed by atoms with Gasteiger partial charge in [0, 0.05) is 15.4 Å². The maximum Gasteiger partial charge on any atom is 0.123 e. The van der Waals surface area contributed by atoms with Crippen LogP contribution in [0.5, 0.6) is 0 Å². The molecule has 0 saturated carbocycles. The van der Waals surface area contributed by atoms with Crippen LogP contribution in [-0.2, 0) is 6.42 Å². The van der Waals surface area contributed by atoms with Gasteiger partial charge in [-0.15, -0.1) is 0 Å². The van der Waals surface area contributed by atoms with E-state index in [1.54, 1.807) is 12.1 Å². The topological polar surface area (TPSA) is 20.2 Å².